The van der Waals surface area contributed by atoms with Crippen LogP contribution in [-0.2, 0) is 6.42 Å². The third-order valence-corrected chi connectivity index (χ3v) is 5.90. The van der Waals surface area contributed by atoms with Crippen molar-refractivity contribution in [3.8, 4) is 17.5 Å². The summed E-state index contributed by atoms with van der Waals surface area (Å²) in [6, 6.07) is 8.53. The Morgan fingerprint density at radius 3 is 2.58 bits per heavy atom. The molecule has 0 spiro atoms. The summed E-state index contributed by atoms with van der Waals surface area (Å²) in [6.07, 6.45) is 1.04. The lowest BCUT2D eigenvalue weighted by molar-refractivity contribution is 0.162. The number of likely N-dealkylation sites (tertiary alicyclic amines) is 1. The smallest absolute Gasteiger partial charge is 0.257 e. The fraction of sp³-hybridized carbons (Fsp3) is 0.600. The molecule has 2 aliphatic heterocycles. The van der Waals surface area contributed by atoms with Gasteiger partial charge in [-0.2, -0.15) is 0 Å². The van der Waals surface area contributed by atoms with Crippen LogP contribution in [0.1, 0.15) is 59.1 Å². The lowest BCUT2D eigenvalue weighted by Gasteiger charge is -2.25. The van der Waals surface area contributed by atoms with Crippen LogP contribution >= 0.6 is 0 Å². The van der Waals surface area contributed by atoms with Crippen LogP contribution in [0, 0.1) is 18.8 Å². The number of hydrogen-bond donors (Lipinski definition) is 0. The summed E-state index contributed by atoms with van der Waals surface area (Å²) >= 11 is 0. The largest absolute Gasteiger partial charge is 0.484 e. The minimum atomic E-state index is 0. The highest BCUT2D eigenvalue weighted by molar-refractivity contribution is 5.36. The Bertz CT molecular complexity index is 843. The van der Waals surface area contributed by atoms with Crippen molar-refractivity contribution in [1.82, 2.24) is 14.9 Å². The Balaban J connectivity index is 0.00000160. The molecule has 0 radical (unpaired) electrons. The van der Waals surface area contributed by atoms with E-state index in [1.165, 1.54) is 5.56 Å². The van der Waals surface area contributed by atoms with Crippen LogP contribution in [0.5, 0.6) is 17.5 Å². The molecule has 2 aromatic rings. The molecule has 1 saturated heterocycles. The molecule has 4 heterocycles. The maximum Gasteiger partial charge on any atom is 0.257 e. The van der Waals surface area contributed by atoms with Crippen LogP contribution in [0.25, 0.3) is 0 Å². The highest BCUT2D eigenvalue weighted by Gasteiger charge is 2.33. The second-order valence-corrected chi connectivity index (χ2v) is 7.97. The zero-order valence-electron chi connectivity index (χ0n) is 17.1. The lowest BCUT2D eigenvalue weighted by Crippen LogP contribution is -2.26. The SMILES string of the molecule is C.C.C.COc1cc(C[C@H]2CN([C@@H](C)c3ccc4c(n3)OCCO4)C[C@@H]2C)cc(C)n1. The van der Waals surface area contributed by atoms with Crippen LogP contribution in [0.4, 0.5) is 0 Å². The molecular formula is C25H41N3O3. The summed E-state index contributed by atoms with van der Waals surface area (Å²) in [6.45, 7) is 9.88. The third-order valence-electron chi connectivity index (χ3n) is 5.90. The van der Waals surface area contributed by atoms with Crippen LogP contribution in [0.15, 0.2) is 24.3 Å². The van der Waals surface area contributed by atoms with Gasteiger partial charge in [-0.25, -0.2) is 9.97 Å². The molecule has 0 aromatic carbocycles. The van der Waals surface area contributed by atoms with E-state index in [0.29, 0.717) is 36.8 Å². The fourth-order valence-corrected chi connectivity index (χ4v) is 4.25. The van der Waals surface area contributed by atoms with Crippen molar-refractivity contribution in [1.29, 1.82) is 0 Å². The van der Waals surface area contributed by atoms with Gasteiger partial charge in [0.05, 0.1) is 12.8 Å². The van der Waals surface area contributed by atoms with Gasteiger partial charge in [0, 0.05) is 30.9 Å². The van der Waals surface area contributed by atoms with E-state index in [4.69, 9.17) is 19.2 Å². The number of nitrogens with zero attached hydrogens (tertiary/aromatic N) is 3. The van der Waals surface area contributed by atoms with E-state index in [1.54, 1.807) is 7.11 Å². The molecule has 0 saturated carbocycles. The van der Waals surface area contributed by atoms with Gasteiger partial charge in [-0.15, -0.1) is 0 Å². The van der Waals surface area contributed by atoms with E-state index in [1.807, 2.05) is 13.0 Å². The molecule has 0 unspecified atom stereocenters. The van der Waals surface area contributed by atoms with Crippen LogP contribution in [0.3, 0.4) is 0 Å². The molecule has 0 aliphatic carbocycles. The van der Waals surface area contributed by atoms with Crippen molar-refractivity contribution in [2.75, 3.05) is 33.4 Å². The van der Waals surface area contributed by atoms with Gasteiger partial charge in [0.15, 0.2) is 5.75 Å². The lowest BCUT2D eigenvalue weighted by atomic mass is 9.91. The molecule has 4 rings (SSSR count). The van der Waals surface area contributed by atoms with Crippen molar-refractivity contribution in [3.05, 3.63) is 41.2 Å². The number of fused-ring (bicyclic) bond motifs is 1. The summed E-state index contributed by atoms with van der Waals surface area (Å²) in [5.41, 5.74) is 3.34. The molecule has 31 heavy (non-hydrogen) atoms. The summed E-state index contributed by atoms with van der Waals surface area (Å²) in [7, 11) is 1.67. The third kappa shape index (κ3) is 5.88. The molecule has 6 nitrogen and oxygen atoms in total. The second-order valence-electron chi connectivity index (χ2n) is 7.97. The van der Waals surface area contributed by atoms with Crippen molar-refractivity contribution >= 4 is 0 Å². The standard InChI is InChI=1S/C22H29N3O3.3CH4/c1-14-12-25(13-18(14)10-17-9-15(2)23-21(11-17)26-4)16(3)19-5-6-20-22(24-19)28-8-7-27-20;;;/h5-6,9,11,14,16,18H,7-8,10,12-13H2,1-4H3;3*1H4/t14-,16-,18-;;;/m0.../s1. The van der Waals surface area contributed by atoms with Crippen molar-refractivity contribution in [2.24, 2.45) is 11.8 Å². The molecule has 6 heteroatoms. The molecule has 0 amide bonds. The Morgan fingerprint density at radius 1 is 1.10 bits per heavy atom. The summed E-state index contributed by atoms with van der Waals surface area (Å²) in [4.78, 5) is 11.6. The molecule has 2 aromatic heterocycles. The van der Waals surface area contributed by atoms with E-state index < -0.39 is 0 Å². The van der Waals surface area contributed by atoms with Crippen molar-refractivity contribution in [3.63, 3.8) is 0 Å². The number of aromatic nitrogens is 2. The van der Waals surface area contributed by atoms with Crippen molar-refractivity contribution < 1.29 is 14.2 Å². The highest BCUT2D eigenvalue weighted by atomic mass is 16.6. The minimum absolute atomic E-state index is 0. The monoisotopic (exact) mass is 431 g/mol. The van der Waals surface area contributed by atoms with E-state index >= 15 is 0 Å². The Kier molecular flexibility index (Phi) is 9.75. The van der Waals surface area contributed by atoms with E-state index in [0.717, 1.165) is 36.6 Å². The molecule has 0 bridgehead atoms. The molecule has 3 atom stereocenters. The van der Waals surface area contributed by atoms with E-state index in [2.05, 4.69) is 41.9 Å². The van der Waals surface area contributed by atoms with Gasteiger partial charge in [0.2, 0.25) is 5.88 Å². The summed E-state index contributed by atoms with van der Waals surface area (Å²) in [5, 5.41) is 0. The predicted molar refractivity (Wildman–Crippen MR) is 127 cm³/mol. The van der Waals surface area contributed by atoms with Gasteiger partial charge in [-0.05, 0) is 55.9 Å². The average molecular weight is 432 g/mol. The molecule has 174 valence electrons. The average Bonchev–Trinajstić information content (AvgIpc) is 3.06. The van der Waals surface area contributed by atoms with Gasteiger partial charge < -0.3 is 14.2 Å². The maximum atomic E-state index is 5.66. The van der Waals surface area contributed by atoms with Crippen LogP contribution < -0.4 is 14.2 Å². The first-order valence-electron chi connectivity index (χ1n) is 10.1. The second kappa shape index (κ2) is 11.3. The predicted octanol–water partition coefficient (Wildman–Crippen LogP) is 5.34. The molecule has 1 fully saturated rings. The number of ether oxygens (including phenoxy) is 3. The summed E-state index contributed by atoms with van der Waals surface area (Å²) < 4.78 is 16.6. The van der Waals surface area contributed by atoms with Gasteiger partial charge in [-0.1, -0.05) is 29.2 Å². The van der Waals surface area contributed by atoms with Crippen LogP contribution in [-0.4, -0.2) is 48.3 Å². The van der Waals surface area contributed by atoms with E-state index in [9.17, 15) is 0 Å². The Morgan fingerprint density at radius 2 is 1.84 bits per heavy atom. The number of hydrogen-bond acceptors (Lipinski definition) is 6. The minimum Gasteiger partial charge on any atom is -0.484 e. The number of methoxy groups -OCH3 is 1. The number of rotatable bonds is 5. The zero-order valence-corrected chi connectivity index (χ0v) is 17.1. The fourth-order valence-electron chi connectivity index (χ4n) is 4.25. The zero-order chi connectivity index (χ0) is 19.7. The van der Waals surface area contributed by atoms with E-state index in [-0.39, 0.29) is 28.3 Å². The number of aryl methyl sites for hydroxylation is 1. The van der Waals surface area contributed by atoms with Crippen molar-refractivity contribution in [2.45, 2.75) is 55.5 Å². The molecule has 2 aliphatic rings. The first kappa shape index (κ1) is 26.7. The Labute approximate surface area is 189 Å². The first-order chi connectivity index (χ1) is 13.5. The van der Waals surface area contributed by atoms with Crippen LogP contribution in [0.2, 0.25) is 0 Å². The number of pyridine rings is 2. The summed E-state index contributed by atoms with van der Waals surface area (Å²) in [5.74, 6) is 3.30. The van der Waals surface area contributed by atoms with Gasteiger partial charge in [-0.3, -0.25) is 4.90 Å². The molecular weight excluding hydrogens is 390 g/mol. The van der Waals surface area contributed by atoms with Gasteiger partial charge >= 0.3 is 0 Å². The first-order valence-corrected chi connectivity index (χ1v) is 10.1. The topological polar surface area (TPSA) is 56.7 Å². The van der Waals surface area contributed by atoms with Gasteiger partial charge in [0.25, 0.3) is 5.88 Å². The molecule has 0 N–H and O–H groups in total. The highest BCUT2D eigenvalue weighted by Crippen LogP contribution is 2.35. The quantitative estimate of drug-likeness (QED) is 0.636. The Hall–Kier alpha value is -2.34. The normalized spacial score (nSPS) is 20.6. The maximum absolute atomic E-state index is 5.66. The van der Waals surface area contributed by atoms with Gasteiger partial charge in [0.1, 0.15) is 13.2 Å².